The molecule has 0 unspecified atom stereocenters. The van der Waals surface area contributed by atoms with E-state index >= 15 is 0 Å². The van der Waals surface area contributed by atoms with E-state index in [1.165, 1.54) is 34.9 Å². The lowest BCUT2D eigenvalue weighted by atomic mass is 9.70. The van der Waals surface area contributed by atoms with E-state index < -0.39 is 12.2 Å². The Morgan fingerprint density at radius 3 is 2.71 bits per heavy atom. The molecule has 5 N–H and O–H groups in total. The lowest BCUT2D eigenvalue weighted by Gasteiger charge is -2.41. The van der Waals surface area contributed by atoms with Gasteiger partial charge in [0.1, 0.15) is 11.3 Å². The summed E-state index contributed by atoms with van der Waals surface area (Å²) in [5.74, 6) is 1.23. The SMILES string of the molecule is COc1nn(C)cc1C(=O)NSCCCC[C@H](CCCCN1C[C@@]2(CCCc3cc(Cl)ccc32)COc2ccc(C(N)=O)cc21)CC(O)O. The first-order valence-electron chi connectivity index (χ1n) is 17.0. The molecule has 1 aliphatic carbocycles. The third-order valence-electron chi connectivity index (χ3n) is 9.66. The minimum atomic E-state index is -1.35. The molecule has 2 amide bonds. The number of anilines is 1. The summed E-state index contributed by atoms with van der Waals surface area (Å²) in [7, 11) is 3.22. The highest BCUT2D eigenvalue weighted by Gasteiger charge is 2.41. The van der Waals surface area contributed by atoms with Crippen LogP contribution in [0.5, 0.6) is 11.6 Å². The molecule has 0 saturated carbocycles. The molecule has 1 aromatic heterocycles. The number of methoxy groups -OCH3 is 1. The number of carbonyl (C=O) groups is 2. The van der Waals surface area contributed by atoms with E-state index in [9.17, 15) is 19.8 Å². The number of halogens is 1. The average molecular weight is 714 g/mol. The van der Waals surface area contributed by atoms with Gasteiger partial charge in [-0.05, 0) is 79.5 Å². The number of ether oxygens (including phenoxy) is 2. The van der Waals surface area contributed by atoms with Crippen LogP contribution in [-0.2, 0) is 18.9 Å². The van der Waals surface area contributed by atoms with Gasteiger partial charge in [0.05, 0.1) is 19.4 Å². The Labute approximate surface area is 297 Å². The number of unbranched alkanes of at least 4 members (excludes halogenated alkanes) is 2. The zero-order valence-corrected chi connectivity index (χ0v) is 29.9. The molecule has 2 aliphatic rings. The maximum Gasteiger partial charge on any atom is 0.268 e. The highest BCUT2D eigenvalue weighted by Crippen LogP contribution is 2.44. The van der Waals surface area contributed by atoms with E-state index in [0.717, 1.165) is 93.1 Å². The molecular weight excluding hydrogens is 666 g/mol. The molecule has 11 nitrogen and oxygen atoms in total. The van der Waals surface area contributed by atoms with Gasteiger partial charge in [0, 0.05) is 54.5 Å². The van der Waals surface area contributed by atoms with Crippen molar-refractivity contribution in [1.29, 1.82) is 0 Å². The topological polar surface area (TPSA) is 152 Å². The van der Waals surface area contributed by atoms with Crippen molar-refractivity contribution >= 4 is 41.1 Å². The molecule has 0 saturated heterocycles. The fourth-order valence-corrected chi connectivity index (χ4v) is 8.16. The molecule has 13 heteroatoms. The van der Waals surface area contributed by atoms with E-state index in [-0.39, 0.29) is 17.2 Å². The van der Waals surface area contributed by atoms with E-state index in [1.54, 1.807) is 19.3 Å². The molecule has 1 aliphatic heterocycles. The number of hydrogen-bond donors (Lipinski definition) is 4. The number of fused-ring (bicyclic) bond motifs is 3. The molecule has 0 fully saturated rings. The molecule has 0 bridgehead atoms. The molecule has 5 rings (SSSR count). The third kappa shape index (κ3) is 9.42. The van der Waals surface area contributed by atoms with Crippen LogP contribution in [0, 0.1) is 5.92 Å². The summed E-state index contributed by atoms with van der Waals surface area (Å²) in [5, 5.41) is 24.5. The number of carbonyl (C=O) groups excluding carboxylic acids is 2. The molecule has 2 atom stereocenters. The lowest BCUT2D eigenvalue weighted by Crippen LogP contribution is -2.46. The summed E-state index contributed by atoms with van der Waals surface area (Å²) in [6.45, 7) is 2.05. The number of benzene rings is 2. The van der Waals surface area contributed by atoms with Crippen LogP contribution >= 0.6 is 23.5 Å². The van der Waals surface area contributed by atoms with Crippen molar-refractivity contribution in [3.05, 3.63) is 69.9 Å². The normalized spacial score (nSPS) is 17.6. The number of aliphatic hydroxyl groups is 2. The van der Waals surface area contributed by atoms with Crippen molar-refractivity contribution in [1.82, 2.24) is 14.5 Å². The summed E-state index contributed by atoms with van der Waals surface area (Å²) in [5.41, 5.74) is 9.73. The Hall–Kier alpha value is -3.45. The summed E-state index contributed by atoms with van der Waals surface area (Å²) < 4.78 is 16.0. The van der Waals surface area contributed by atoms with Gasteiger partial charge in [0.2, 0.25) is 11.8 Å². The molecule has 49 heavy (non-hydrogen) atoms. The summed E-state index contributed by atoms with van der Waals surface area (Å²) in [6.07, 6.45) is 8.96. The molecular formula is C36H48ClN5O6S. The van der Waals surface area contributed by atoms with Gasteiger partial charge in [-0.25, -0.2) is 0 Å². The predicted octanol–water partition coefficient (Wildman–Crippen LogP) is 5.39. The smallest absolute Gasteiger partial charge is 0.268 e. The number of rotatable bonds is 16. The van der Waals surface area contributed by atoms with Crippen LogP contribution in [0.3, 0.4) is 0 Å². The van der Waals surface area contributed by atoms with E-state index in [0.29, 0.717) is 30.0 Å². The largest absolute Gasteiger partial charge is 0.490 e. The quantitative estimate of drug-likeness (QED) is 0.0870. The Morgan fingerprint density at radius 2 is 1.96 bits per heavy atom. The van der Waals surface area contributed by atoms with Crippen molar-refractivity contribution in [2.24, 2.45) is 18.7 Å². The number of nitrogens with one attached hydrogen (secondary N) is 1. The van der Waals surface area contributed by atoms with Crippen LogP contribution in [0.15, 0.2) is 42.6 Å². The second kappa shape index (κ2) is 17.0. The van der Waals surface area contributed by atoms with E-state index in [1.807, 2.05) is 18.2 Å². The zero-order chi connectivity index (χ0) is 35.0. The van der Waals surface area contributed by atoms with Crippen LogP contribution < -0.4 is 24.8 Å². The predicted molar refractivity (Wildman–Crippen MR) is 192 cm³/mol. The maximum atomic E-state index is 12.5. The van der Waals surface area contributed by atoms with Gasteiger partial charge in [-0.15, -0.1) is 5.10 Å². The number of nitrogens with two attached hydrogens (primary N) is 1. The highest BCUT2D eigenvalue weighted by atomic mass is 35.5. The molecule has 0 radical (unpaired) electrons. The summed E-state index contributed by atoms with van der Waals surface area (Å²) in [4.78, 5) is 27.0. The van der Waals surface area contributed by atoms with Gasteiger partial charge >= 0.3 is 0 Å². The Bertz CT molecular complexity index is 1600. The number of amides is 2. The fraction of sp³-hybridized carbons (Fsp3) is 0.528. The van der Waals surface area contributed by atoms with Crippen LogP contribution in [0.1, 0.15) is 89.6 Å². The molecule has 2 aromatic carbocycles. The van der Waals surface area contributed by atoms with Gasteiger partial charge < -0.3 is 30.3 Å². The highest BCUT2D eigenvalue weighted by molar-refractivity contribution is 7.97. The Kier molecular flexibility index (Phi) is 12.8. The van der Waals surface area contributed by atoms with Crippen LogP contribution in [-0.4, -0.2) is 70.7 Å². The van der Waals surface area contributed by atoms with Gasteiger partial charge in [0.15, 0.2) is 6.29 Å². The Balaban J connectivity index is 1.16. The fourth-order valence-electron chi connectivity index (χ4n) is 7.27. The number of aryl methyl sites for hydroxylation is 2. The van der Waals surface area contributed by atoms with Gasteiger partial charge in [-0.3, -0.25) is 19.0 Å². The number of aliphatic hydroxyl groups excluding tert-OH is 1. The molecule has 2 heterocycles. The molecule has 266 valence electrons. The first kappa shape index (κ1) is 36.8. The first-order valence-corrected chi connectivity index (χ1v) is 18.4. The average Bonchev–Trinajstić information content (AvgIpc) is 3.39. The molecule has 1 spiro atoms. The van der Waals surface area contributed by atoms with Gasteiger partial charge in [0.25, 0.3) is 5.91 Å². The minimum absolute atomic E-state index is 0.168. The summed E-state index contributed by atoms with van der Waals surface area (Å²) in [6, 6.07) is 11.6. The number of primary amides is 1. The summed E-state index contributed by atoms with van der Waals surface area (Å²) >= 11 is 7.73. The van der Waals surface area contributed by atoms with Gasteiger partial charge in [-0.2, -0.15) is 0 Å². The number of hydrogen-bond acceptors (Lipinski definition) is 9. The van der Waals surface area contributed by atoms with Crippen molar-refractivity contribution in [2.45, 2.75) is 75.9 Å². The first-order chi connectivity index (χ1) is 23.6. The monoisotopic (exact) mass is 713 g/mol. The number of nitrogens with zero attached hydrogens (tertiary/aromatic N) is 3. The van der Waals surface area contributed by atoms with Crippen LogP contribution in [0.25, 0.3) is 0 Å². The minimum Gasteiger partial charge on any atom is -0.490 e. The maximum absolute atomic E-state index is 12.5. The number of aromatic nitrogens is 2. The van der Waals surface area contributed by atoms with E-state index in [4.69, 9.17) is 26.8 Å². The van der Waals surface area contributed by atoms with E-state index in [2.05, 4.69) is 26.9 Å². The van der Waals surface area contributed by atoms with Gasteiger partial charge in [-0.1, -0.05) is 55.3 Å². The molecule has 3 aromatic rings. The lowest BCUT2D eigenvalue weighted by molar-refractivity contribution is -0.0576. The van der Waals surface area contributed by atoms with Crippen molar-refractivity contribution in [3.63, 3.8) is 0 Å². The third-order valence-corrected chi connectivity index (χ3v) is 10.7. The van der Waals surface area contributed by atoms with Crippen molar-refractivity contribution < 1.29 is 29.3 Å². The second-order valence-electron chi connectivity index (χ2n) is 13.3. The second-order valence-corrected chi connectivity index (χ2v) is 14.6. The zero-order valence-electron chi connectivity index (χ0n) is 28.3. The van der Waals surface area contributed by atoms with Crippen molar-refractivity contribution in [2.75, 3.05) is 37.5 Å². The van der Waals surface area contributed by atoms with Crippen LogP contribution in [0.2, 0.25) is 5.02 Å². The Morgan fingerprint density at radius 1 is 1.16 bits per heavy atom. The van der Waals surface area contributed by atoms with Crippen LogP contribution in [0.4, 0.5) is 5.69 Å². The standard InChI is InChI=1S/C36H48ClN5O6S/c1-41-21-28(35(39-41)47-2)34(46)40-49-17-6-4-9-24(18-32(43)44)8-3-5-16-42-22-36(15-7-10-25-19-27(37)12-13-29(25)36)23-48-31-14-11-26(33(38)45)20-30(31)42/h11-14,19-21,24,32,43-44H,3-10,15-18,22-23H2,1-2H3,(H2,38,45)(H,40,46)/t24-,36-/m0/s1. The van der Waals surface area contributed by atoms with Crippen molar-refractivity contribution in [3.8, 4) is 11.6 Å².